The van der Waals surface area contributed by atoms with Crippen molar-refractivity contribution in [3.63, 3.8) is 0 Å². The minimum Gasteiger partial charge on any atom is -0.0999 e. The van der Waals surface area contributed by atoms with E-state index in [-0.39, 0.29) is 0 Å². The van der Waals surface area contributed by atoms with Crippen molar-refractivity contribution in [3.8, 4) is 11.1 Å². The van der Waals surface area contributed by atoms with Crippen LogP contribution in [0.25, 0.3) is 11.1 Å². The van der Waals surface area contributed by atoms with E-state index in [1.807, 2.05) is 27.7 Å². The van der Waals surface area contributed by atoms with Crippen LogP contribution in [0.1, 0.15) is 38.8 Å². The lowest BCUT2D eigenvalue weighted by molar-refractivity contribution is 1.26. The van der Waals surface area contributed by atoms with Crippen molar-refractivity contribution in [3.05, 3.63) is 59.7 Å². The van der Waals surface area contributed by atoms with E-state index in [9.17, 15) is 0 Å². The maximum atomic E-state index is 4.50. The van der Waals surface area contributed by atoms with Gasteiger partial charge in [0.15, 0.2) is 0 Å². The van der Waals surface area contributed by atoms with E-state index in [2.05, 4.69) is 56.4 Å². The fourth-order valence-corrected chi connectivity index (χ4v) is 2.08. The van der Waals surface area contributed by atoms with Crippen LogP contribution in [-0.2, 0) is 6.42 Å². The molecule has 0 nitrogen and oxygen atoms in total. The van der Waals surface area contributed by atoms with Crippen molar-refractivity contribution in [2.24, 2.45) is 0 Å². The van der Waals surface area contributed by atoms with Crippen LogP contribution >= 0.6 is 0 Å². The van der Waals surface area contributed by atoms with E-state index in [1.54, 1.807) is 0 Å². The van der Waals surface area contributed by atoms with Gasteiger partial charge in [0.2, 0.25) is 0 Å². The zero-order valence-electron chi connectivity index (χ0n) is 12.9. The minimum absolute atomic E-state index is 1.10. The molecule has 2 aromatic rings. The van der Waals surface area contributed by atoms with Gasteiger partial charge in [0, 0.05) is 0 Å². The van der Waals surface area contributed by atoms with Crippen LogP contribution in [0.5, 0.6) is 0 Å². The van der Waals surface area contributed by atoms with Crippen molar-refractivity contribution >= 4 is 7.85 Å². The summed E-state index contributed by atoms with van der Waals surface area (Å²) >= 11 is 0. The highest BCUT2D eigenvalue weighted by atomic mass is 14.2. The normalized spacial score (nSPS) is 9.32. The van der Waals surface area contributed by atoms with Gasteiger partial charge in [0.1, 0.15) is 0 Å². The molecule has 1 heteroatoms. The third-order valence-corrected chi connectivity index (χ3v) is 2.71. The Morgan fingerprint density at radius 3 is 1.32 bits per heavy atom. The third-order valence-electron chi connectivity index (χ3n) is 2.71. The van der Waals surface area contributed by atoms with Crippen molar-refractivity contribution in [1.29, 1.82) is 0 Å². The summed E-state index contributed by atoms with van der Waals surface area (Å²) in [5, 5.41) is 0. The largest absolute Gasteiger partial charge is 0.0999 e. The molecule has 0 saturated heterocycles. The van der Waals surface area contributed by atoms with Crippen LogP contribution in [0.15, 0.2) is 48.5 Å². The Balaban J connectivity index is 0.000000482. The van der Waals surface area contributed by atoms with Crippen LogP contribution in [0.2, 0.25) is 6.82 Å². The molecule has 2 aromatic carbocycles. The van der Waals surface area contributed by atoms with E-state index >= 15 is 0 Å². The molecule has 1 aliphatic rings. The fourth-order valence-electron chi connectivity index (χ4n) is 2.08. The Morgan fingerprint density at radius 1 is 0.632 bits per heavy atom. The van der Waals surface area contributed by atoms with Gasteiger partial charge in [-0.25, -0.2) is 0 Å². The van der Waals surface area contributed by atoms with Gasteiger partial charge < -0.3 is 0 Å². The molecular weight excluding hydrogens is 227 g/mol. The second-order valence-electron chi connectivity index (χ2n) is 3.49. The summed E-state index contributed by atoms with van der Waals surface area (Å²) in [7, 11) is 4.50. The third kappa shape index (κ3) is 4.27. The molecule has 0 atom stereocenters. The smallest absolute Gasteiger partial charge is 0.0606 e. The number of fused-ring (bicyclic) bond motifs is 3. The van der Waals surface area contributed by atoms with Crippen LogP contribution < -0.4 is 0 Å². The van der Waals surface area contributed by atoms with Crippen LogP contribution in [0.3, 0.4) is 0 Å². The second-order valence-corrected chi connectivity index (χ2v) is 3.49. The molecule has 0 aliphatic heterocycles. The summed E-state index contributed by atoms with van der Waals surface area (Å²) < 4.78 is 0. The van der Waals surface area contributed by atoms with Crippen LogP contribution in [0, 0.1) is 0 Å². The Labute approximate surface area is 120 Å². The average molecular weight is 252 g/mol. The first-order valence-electron chi connectivity index (χ1n) is 7.19. The van der Waals surface area contributed by atoms with Crippen molar-refractivity contribution < 1.29 is 0 Å². The SMILES string of the molecule is CC.CC.[B]C.c1ccc2c(c1)Cc1ccccc1-2. The zero-order chi connectivity index (χ0) is 14.7. The van der Waals surface area contributed by atoms with E-state index < -0.39 is 0 Å². The monoisotopic (exact) mass is 252 g/mol. The van der Waals surface area contributed by atoms with Gasteiger partial charge in [-0.1, -0.05) is 83.0 Å². The summed E-state index contributed by atoms with van der Waals surface area (Å²) in [6.07, 6.45) is 1.10. The average Bonchev–Trinajstić information content (AvgIpc) is 2.92. The molecule has 2 radical (unpaired) electrons. The standard InChI is InChI=1S/C13H10.2C2H6.CH3B/c1-3-7-12-10(5-1)9-11-6-2-4-8-13(11)12;3*1-2/h1-8H,9H2;2*1-2H3;1H3. The highest BCUT2D eigenvalue weighted by Crippen LogP contribution is 2.35. The van der Waals surface area contributed by atoms with Gasteiger partial charge in [0.25, 0.3) is 0 Å². The Morgan fingerprint density at radius 2 is 0.947 bits per heavy atom. The first-order valence-corrected chi connectivity index (χ1v) is 7.19. The van der Waals surface area contributed by atoms with Crippen molar-refractivity contribution in [2.75, 3.05) is 0 Å². The molecule has 0 bridgehead atoms. The second kappa shape index (κ2) is 10.4. The van der Waals surface area contributed by atoms with Gasteiger partial charge in [0.05, 0.1) is 7.85 Å². The van der Waals surface area contributed by atoms with E-state index in [4.69, 9.17) is 0 Å². The summed E-state index contributed by atoms with van der Waals surface area (Å²) in [5.41, 5.74) is 5.75. The molecule has 0 aromatic heterocycles. The van der Waals surface area contributed by atoms with E-state index in [0.717, 1.165) is 6.42 Å². The summed E-state index contributed by atoms with van der Waals surface area (Å²) in [6, 6.07) is 17.3. The lowest BCUT2D eigenvalue weighted by Gasteiger charge is -1.98. The summed E-state index contributed by atoms with van der Waals surface area (Å²) in [5.74, 6) is 0. The molecule has 19 heavy (non-hydrogen) atoms. The topological polar surface area (TPSA) is 0 Å². The van der Waals surface area contributed by atoms with E-state index in [0.29, 0.717) is 0 Å². The first-order chi connectivity index (χ1) is 9.45. The fraction of sp³-hybridized carbons (Fsp3) is 0.333. The van der Waals surface area contributed by atoms with E-state index in [1.165, 1.54) is 29.1 Å². The number of hydrogen-bond donors (Lipinski definition) is 0. The molecule has 0 fully saturated rings. The summed E-state index contributed by atoms with van der Waals surface area (Å²) in [4.78, 5) is 0. The quantitative estimate of drug-likeness (QED) is 0.462. The Bertz CT molecular complexity index is 417. The first kappa shape index (κ1) is 17.5. The molecule has 0 heterocycles. The Kier molecular flexibility index (Phi) is 9.61. The number of benzene rings is 2. The number of hydrogen-bond acceptors (Lipinski definition) is 0. The maximum Gasteiger partial charge on any atom is 0.0606 e. The molecule has 0 unspecified atom stereocenters. The molecule has 0 N–H and O–H groups in total. The lowest BCUT2D eigenvalue weighted by atomic mass is 10.1. The molecular formula is C18H25B. The van der Waals surface area contributed by atoms with Crippen molar-refractivity contribution in [2.45, 2.75) is 40.9 Å². The molecule has 100 valence electrons. The van der Waals surface area contributed by atoms with Gasteiger partial charge in [-0.3, -0.25) is 0 Å². The van der Waals surface area contributed by atoms with Crippen LogP contribution in [0.4, 0.5) is 0 Å². The highest BCUT2D eigenvalue weighted by Gasteiger charge is 2.15. The predicted octanol–water partition coefficient (Wildman–Crippen LogP) is 5.51. The molecule has 0 amide bonds. The molecule has 1 aliphatic carbocycles. The minimum atomic E-state index is 1.10. The van der Waals surface area contributed by atoms with Gasteiger partial charge in [-0.2, -0.15) is 0 Å². The maximum absolute atomic E-state index is 4.50. The predicted molar refractivity (Wildman–Crippen MR) is 89.0 cm³/mol. The van der Waals surface area contributed by atoms with Crippen molar-refractivity contribution in [1.82, 2.24) is 0 Å². The Hall–Kier alpha value is -1.50. The zero-order valence-corrected chi connectivity index (χ0v) is 12.9. The molecule has 3 rings (SSSR count). The van der Waals surface area contributed by atoms with Crippen LogP contribution in [-0.4, -0.2) is 7.85 Å². The number of rotatable bonds is 0. The highest BCUT2D eigenvalue weighted by molar-refractivity contribution is 6.05. The molecule has 0 spiro atoms. The van der Waals surface area contributed by atoms with Gasteiger partial charge >= 0.3 is 0 Å². The summed E-state index contributed by atoms with van der Waals surface area (Å²) in [6.45, 7) is 9.50. The lowest BCUT2D eigenvalue weighted by Crippen LogP contribution is -1.77. The molecule has 0 saturated carbocycles. The van der Waals surface area contributed by atoms with Gasteiger partial charge in [-0.05, 0) is 28.7 Å². The van der Waals surface area contributed by atoms with Gasteiger partial charge in [-0.15, -0.1) is 0 Å².